The lowest BCUT2D eigenvalue weighted by Gasteiger charge is -2.29. The summed E-state index contributed by atoms with van der Waals surface area (Å²) >= 11 is 0. The first-order valence-corrected chi connectivity index (χ1v) is 10.6. The number of amides is 3. The van der Waals surface area contributed by atoms with E-state index in [4.69, 9.17) is 4.74 Å². The summed E-state index contributed by atoms with van der Waals surface area (Å²) in [6.07, 6.45) is 4.92. The van der Waals surface area contributed by atoms with E-state index in [0.717, 1.165) is 24.8 Å². The van der Waals surface area contributed by atoms with Gasteiger partial charge in [0.2, 0.25) is 11.8 Å². The zero-order chi connectivity index (χ0) is 22.2. The topological polar surface area (TPSA) is 92.4 Å². The largest absolute Gasteiger partial charge is 0.439 e. The number of rotatable bonds is 7. The molecule has 3 rings (SSSR count). The number of halogens is 1. The third kappa shape index (κ3) is 7.24. The molecule has 1 fully saturated rings. The summed E-state index contributed by atoms with van der Waals surface area (Å²) in [5.41, 5.74) is 0.819. The number of carbonyl (C=O) groups excluding carboxylic acids is 2. The molecule has 2 unspecified atom stereocenters. The molecule has 0 saturated heterocycles. The minimum Gasteiger partial charge on any atom is -0.439 e. The predicted octanol–water partition coefficient (Wildman–Crippen LogP) is 3.90. The Balaban J connectivity index is 1.43. The van der Waals surface area contributed by atoms with Gasteiger partial charge in [-0.3, -0.25) is 4.79 Å². The van der Waals surface area contributed by atoms with Crippen molar-refractivity contribution in [1.82, 2.24) is 20.9 Å². The molecule has 1 aliphatic carbocycles. The van der Waals surface area contributed by atoms with Crippen molar-refractivity contribution in [3.8, 4) is 11.6 Å². The molecule has 0 aliphatic heterocycles. The van der Waals surface area contributed by atoms with Gasteiger partial charge in [-0.05, 0) is 62.9 Å². The molecule has 3 N–H and O–H groups in total. The van der Waals surface area contributed by atoms with E-state index in [1.807, 2.05) is 13.8 Å². The number of ether oxygens (including phenoxy) is 1. The van der Waals surface area contributed by atoms with Crippen molar-refractivity contribution in [2.75, 3.05) is 0 Å². The van der Waals surface area contributed by atoms with Crippen molar-refractivity contribution in [2.45, 2.75) is 58.2 Å². The van der Waals surface area contributed by atoms with E-state index in [-0.39, 0.29) is 35.8 Å². The minimum absolute atomic E-state index is 0.0127. The van der Waals surface area contributed by atoms with Crippen molar-refractivity contribution < 1.29 is 18.7 Å². The molecule has 7 nitrogen and oxygen atoms in total. The van der Waals surface area contributed by atoms with Gasteiger partial charge in [0.1, 0.15) is 11.6 Å². The summed E-state index contributed by atoms with van der Waals surface area (Å²) in [4.78, 5) is 28.7. The lowest BCUT2D eigenvalue weighted by Crippen LogP contribution is -2.46. The molecule has 0 spiro atoms. The van der Waals surface area contributed by atoms with Crippen molar-refractivity contribution in [3.05, 3.63) is 54.0 Å². The second kappa shape index (κ2) is 10.7. The first kappa shape index (κ1) is 22.5. The molecule has 2 aromatic rings. The highest BCUT2D eigenvalue weighted by Gasteiger charge is 2.28. The van der Waals surface area contributed by atoms with E-state index in [1.54, 1.807) is 18.3 Å². The molecule has 31 heavy (non-hydrogen) atoms. The first-order chi connectivity index (χ1) is 14.9. The van der Waals surface area contributed by atoms with Crippen molar-refractivity contribution >= 4 is 11.9 Å². The van der Waals surface area contributed by atoms with Crippen LogP contribution < -0.4 is 20.7 Å². The SMILES string of the molecule is CC(C)NC(=O)C1CCCC(NC(=O)NCc2ccc(Oc3ccc(F)cc3)nc2)C1. The van der Waals surface area contributed by atoms with E-state index < -0.39 is 0 Å². The van der Waals surface area contributed by atoms with Crippen molar-refractivity contribution in [3.63, 3.8) is 0 Å². The molecule has 1 saturated carbocycles. The second-order valence-electron chi connectivity index (χ2n) is 8.11. The molecule has 1 aromatic heterocycles. The van der Waals surface area contributed by atoms with E-state index in [9.17, 15) is 14.0 Å². The standard InChI is InChI=1S/C23H29FN4O3/c1-15(2)27-22(29)17-4-3-5-19(12-17)28-23(30)26-14-16-6-11-21(25-13-16)31-20-9-7-18(24)8-10-20/h6-11,13,15,17,19H,3-5,12,14H2,1-2H3,(H,27,29)(H2,26,28,30). The van der Waals surface area contributed by atoms with Crippen LogP contribution in [0.25, 0.3) is 0 Å². The Morgan fingerprint density at radius 3 is 2.61 bits per heavy atom. The molecular weight excluding hydrogens is 399 g/mol. The number of pyridine rings is 1. The van der Waals surface area contributed by atoms with Gasteiger partial charge in [0.05, 0.1) is 0 Å². The third-order valence-corrected chi connectivity index (χ3v) is 5.10. The fraction of sp³-hybridized carbons (Fsp3) is 0.435. The van der Waals surface area contributed by atoms with Gasteiger partial charge < -0.3 is 20.7 Å². The Morgan fingerprint density at radius 2 is 1.94 bits per heavy atom. The van der Waals surface area contributed by atoms with E-state index in [2.05, 4.69) is 20.9 Å². The van der Waals surface area contributed by atoms with Crippen LogP contribution >= 0.6 is 0 Å². The van der Waals surface area contributed by atoms with Crippen LogP contribution in [0.15, 0.2) is 42.6 Å². The van der Waals surface area contributed by atoms with Crippen LogP contribution in [0.2, 0.25) is 0 Å². The number of carbonyl (C=O) groups is 2. The number of hydrogen-bond acceptors (Lipinski definition) is 4. The normalized spacial score (nSPS) is 18.3. The monoisotopic (exact) mass is 428 g/mol. The van der Waals surface area contributed by atoms with Crippen LogP contribution in [0.5, 0.6) is 11.6 Å². The average Bonchev–Trinajstić information content (AvgIpc) is 2.74. The Bertz CT molecular complexity index is 871. The summed E-state index contributed by atoms with van der Waals surface area (Å²) in [6.45, 7) is 4.21. The molecule has 1 heterocycles. The molecule has 0 radical (unpaired) electrons. The highest BCUT2D eigenvalue weighted by Crippen LogP contribution is 2.24. The number of hydrogen-bond donors (Lipinski definition) is 3. The fourth-order valence-electron chi connectivity index (χ4n) is 3.58. The van der Waals surface area contributed by atoms with Gasteiger partial charge in [0.25, 0.3) is 0 Å². The van der Waals surface area contributed by atoms with Gasteiger partial charge in [0, 0.05) is 36.8 Å². The van der Waals surface area contributed by atoms with Crippen LogP contribution in [-0.2, 0) is 11.3 Å². The quantitative estimate of drug-likeness (QED) is 0.624. The maximum absolute atomic E-state index is 12.9. The van der Waals surface area contributed by atoms with Gasteiger partial charge in [-0.15, -0.1) is 0 Å². The number of urea groups is 1. The molecule has 8 heteroatoms. The zero-order valence-corrected chi connectivity index (χ0v) is 17.9. The van der Waals surface area contributed by atoms with Crippen LogP contribution in [0.1, 0.15) is 45.1 Å². The Morgan fingerprint density at radius 1 is 1.16 bits per heavy atom. The summed E-state index contributed by atoms with van der Waals surface area (Å²) in [5, 5.41) is 8.75. The number of nitrogens with zero attached hydrogens (tertiary/aromatic N) is 1. The van der Waals surface area contributed by atoms with Gasteiger partial charge >= 0.3 is 6.03 Å². The lowest BCUT2D eigenvalue weighted by molar-refractivity contribution is -0.126. The van der Waals surface area contributed by atoms with Gasteiger partial charge in [-0.25, -0.2) is 14.2 Å². The number of benzene rings is 1. The summed E-state index contributed by atoms with van der Waals surface area (Å²) in [7, 11) is 0. The fourth-order valence-corrected chi connectivity index (χ4v) is 3.58. The van der Waals surface area contributed by atoms with Gasteiger partial charge in [-0.1, -0.05) is 12.5 Å². The van der Waals surface area contributed by atoms with E-state index >= 15 is 0 Å². The highest BCUT2D eigenvalue weighted by molar-refractivity contribution is 5.79. The smallest absolute Gasteiger partial charge is 0.315 e. The van der Waals surface area contributed by atoms with E-state index in [0.29, 0.717) is 24.6 Å². The van der Waals surface area contributed by atoms with Crippen LogP contribution in [-0.4, -0.2) is 29.0 Å². The third-order valence-electron chi connectivity index (χ3n) is 5.10. The van der Waals surface area contributed by atoms with Gasteiger partial charge in [-0.2, -0.15) is 0 Å². The number of nitrogens with one attached hydrogen (secondary N) is 3. The maximum Gasteiger partial charge on any atom is 0.315 e. The lowest BCUT2D eigenvalue weighted by atomic mass is 9.85. The molecule has 2 atom stereocenters. The number of aromatic nitrogens is 1. The molecule has 166 valence electrons. The Labute approximate surface area is 181 Å². The van der Waals surface area contributed by atoms with Gasteiger partial charge in [0.15, 0.2) is 0 Å². The Hall–Kier alpha value is -3.16. The summed E-state index contributed by atoms with van der Waals surface area (Å²) in [5.74, 6) is 0.553. The summed E-state index contributed by atoms with van der Waals surface area (Å²) < 4.78 is 18.5. The second-order valence-corrected chi connectivity index (χ2v) is 8.11. The molecular formula is C23H29FN4O3. The first-order valence-electron chi connectivity index (χ1n) is 10.6. The van der Waals surface area contributed by atoms with Crippen molar-refractivity contribution in [1.29, 1.82) is 0 Å². The molecule has 3 amide bonds. The average molecular weight is 429 g/mol. The van der Waals surface area contributed by atoms with Crippen LogP contribution in [0.4, 0.5) is 9.18 Å². The predicted molar refractivity (Wildman–Crippen MR) is 115 cm³/mol. The van der Waals surface area contributed by atoms with Crippen LogP contribution in [0.3, 0.4) is 0 Å². The highest BCUT2D eigenvalue weighted by atomic mass is 19.1. The van der Waals surface area contributed by atoms with Crippen LogP contribution in [0, 0.1) is 11.7 Å². The molecule has 0 bridgehead atoms. The molecule has 1 aromatic carbocycles. The minimum atomic E-state index is -0.331. The van der Waals surface area contributed by atoms with E-state index in [1.165, 1.54) is 24.3 Å². The van der Waals surface area contributed by atoms with Crippen molar-refractivity contribution in [2.24, 2.45) is 5.92 Å². The Kier molecular flexibility index (Phi) is 7.81. The maximum atomic E-state index is 12.9. The molecule has 1 aliphatic rings. The summed E-state index contributed by atoms with van der Waals surface area (Å²) in [6, 6.07) is 9.02. The zero-order valence-electron chi connectivity index (χ0n) is 17.9.